The third-order valence-electron chi connectivity index (χ3n) is 3.29. The maximum Gasteiger partial charge on any atom is 0.124 e. The molecule has 21 heavy (non-hydrogen) atoms. The molecule has 1 aromatic heterocycles. The second kappa shape index (κ2) is 6.68. The normalized spacial score (nSPS) is 12.6. The number of hydrogen-bond donors (Lipinski definition) is 0. The van der Waals surface area contributed by atoms with Crippen LogP contribution in [0.15, 0.2) is 54.5 Å². The first kappa shape index (κ1) is 15.5. The van der Waals surface area contributed by atoms with E-state index >= 15 is 0 Å². The van der Waals surface area contributed by atoms with E-state index in [9.17, 15) is 4.39 Å². The molecule has 2 aromatic rings. The third kappa shape index (κ3) is 3.79. The topological polar surface area (TPSA) is 0 Å². The average molecular weight is 298 g/mol. The molecule has 0 bridgehead atoms. The van der Waals surface area contributed by atoms with Crippen molar-refractivity contribution >= 4 is 22.5 Å². The fraction of sp³-hybridized carbons (Fsp3) is 0.158. The average Bonchev–Trinajstić information content (AvgIpc) is 2.83. The van der Waals surface area contributed by atoms with Crippen LogP contribution in [0.2, 0.25) is 0 Å². The standard InChI is InChI=1S/C19H19FS/c1-5-6-16(19-14(3)7-8-21-19)11-15(4)17-9-13(2)10-18(20)12-17/h5-12H,1H2,2-4H3/b15-11+,16-6+. The molecule has 1 aromatic carbocycles. The SMILES string of the molecule is C=C/C=C(\C=C(/C)c1cc(C)cc(F)c1)c1sccc1C. The molecule has 0 spiro atoms. The lowest BCUT2D eigenvalue weighted by molar-refractivity contribution is 0.626. The number of allylic oxidation sites excluding steroid dienone is 5. The first-order valence-corrected chi connectivity index (χ1v) is 7.72. The Balaban J connectivity index is 2.45. The van der Waals surface area contributed by atoms with E-state index in [0.717, 1.165) is 22.3 Å². The van der Waals surface area contributed by atoms with Gasteiger partial charge in [0.05, 0.1) is 0 Å². The highest BCUT2D eigenvalue weighted by molar-refractivity contribution is 7.11. The summed E-state index contributed by atoms with van der Waals surface area (Å²) in [5, 5.41) is 2.08. The van der Waals surface area contributed by atoms with Gasteiger partial charge in [-0.15, -0.1) is 11.3 Å². The molecular weight excluding hydrogens is 279 g/mol. The quantitative estimate of drug-likeness (QED) is 0.591. The van der Waals surface area contributed by atoms with Gasteiger partial charge in [0, 0.05) is 4.88 Å². The monoisotopic (exact) mass is 298 g/mol. The highest BCUT2D eigenvalue weighted by Gasteiger charge is 2.06. The zero-order valence-corrected chi connectivity index (χ0v) is 13.4. The molecule has 0 saturated heterocycles. The number of thiophene rings is 1. The largest absolute Gasteiger partial charge is 0.207 e. The van der Waals surface area contributed by atoms with Gasteiger partial charge in [-0.3, -0.25) is 0 Å². The lowest BCUT2D eigenvalue weighted by Crippen LogP contribution is -1.87. The number of aryl methyl sites for hydroxylation is 2. The Bertz CT molecular complexity index is 697. The molecule has 0 nitrogen and oxygen atoms in total. The van der Waals surface area contributed by atoms with Crippen LogP contribution in [0.1, 0.15) is 28.5 Å². The van der Waals surface area contributed by atoms with Gasteiger partial charge in [0.25, 0.3) is 0 Å². The van der Waals surface area contributed by atoms with Crippen LogP contribution >= 0.6 is 11.3 Å². The summed E-state index contributed by atoms with van der Waals surface area (Å²) in [5.41, 5.74) is 5.24. The van der Waals surface area contributed by atoms with Gasteiger partial charge < -0.3 is 0 Å². The Labute approximate surface area is 130 Å². The van der Waals surface area contributed by atoms with E-state index in [1.165, 1.54) is 10.4 Å². The molecular formula is C19H19FS. The summed E-state index contributed by atoms with van der Waals surface area (Å²) < 4.78 is 13.6. The minimum atomic E-state index is -0.195. The molecule has 0 unspecified atom stereocenters. The van der Waals surface area contributed by atoms with Crippen LogP contribution in [0.25, 0.3) is 11.1 Å². The number of rotatable bonds is 4. The van der Waals surface area contributed by atoms with Gasteiger partial charge >= 0.3 is 0 Å². The predicted octanol–water partition coefficient (Wildman–Crippen LogP) is 6.18. The molecule has 1 heterocycles. The lowest BCUT2D eigenvalue weighted by atomic mass is 10.0. The predicted molar refractivity (Wildman–Crippen MR) is 92.0 cm³/mol. The van der Waals surface area contributed by atoms with Crippen molar-refractivity contribution in [3.8, 4) is 0 Å². The maximum atomic E-state index is 13.6. The van der Waals surface area contributed by atoms with Gasteiger partial charge in [0.15, 0.2) is 0 Å². The molecule has 108 valence electrons. The van der Waals surface area contributed by atoms with Crippen LogP contribution in [0.5, 0.6) is 0 Å². The Hall–Kier alpha value is -1.93. The molecule has 0 amide bonds. The molecule has 0 aliphatic carbocycles. The van der Waals surface area contributed by atoms with Crippen LogP contribution in [0, 0.1) is 19.7 Å². The summed E-state index contributed by atoms with van der Waals surface area (Å²) in [4.78, 5) is 1.22. The summed E-state index contributed by atoms with van der Waals surface area (Å²) in [6, 6.07) is 7.22. The second-order valence-electron chi connectivity index (χ2n) is 5.14. The van der Waals surface area contributed by atoms with Crippen LogP contribution in [0.4, 0.5) is 4.39 Å². The van der Waals surface area contributed by atoms with Crippen molar-refractivity contribution in [3.05, 3.63) is 81.8 Å². The van der Waals surface area contributed by atoms with E-state index in [0.29, 0.717) is 0 Å². The summed E-state index contributed by atoms with van der Waals surface area (Å²) in [5.74, 6) is -0.195. The Morgan fingerprint density at radius 2 is 2.00 bits per heavy atom. The maximum absolute atomic E-state index is 13.6. The zero-order valence-electron chi connectivity index (χ0n) is 12.6. The molecule has 0 saturated carbocycles. The summed E-state index contributed by atoms with van der Waals surface area (Å²) in [6.07, 6.45) is 5.87. The number of hydrogen-bond acceptors (Lipinski definition) is 1. The summed E-state index contributed by atoms with van der Waals surface area (Å²) in [7, 11) is 0. The highest BCUT2D eigenvalue weighted by atomic mass is 32.1. The summed E-state index contributed by atoms with van der Waals surface area (Å²) >= 11 is 1.71. The molecule has 2 heteroatoms. The molecule has 0 radical (unpaired) electrons. The van der Waals surface area contributed by atoms with E-state index < -0.39 is 0 Å². The van der Waals surface area contributed by atoms with Crippen molar-refractivity contribution < 1.29 is 4.39 Å². The van der Waals surface area contributed by atoms with Gasteiger partial charge in [0.2, 0.25) is 0 Å². The Kier molecular flexibility index (Phi) is 4.92. The van der Waals surface area contributed by atoms with Crippen molar-refractivity contribution in [2.75, 3.05) is 0 Å². The molecule has 0 aliphatic rings. The van der Waals surface area contributed by atoms with Gasteiger partial charge in [-0.2, -0.15) is 0 Å². The van der Waals surface area contributed by atoms with Crippen molar-refractivity contribution in [1.82, 2.24) is 0 Å². The van der Waals surface area contributed by atoms with E-state index in [-0.39, 0.29) is 5.82 Å². The van der Waals surface area contributed by atoms with Crippen LogP contribution in [0.3, 0.4) is 0 Å². The van der Waals surface area contributed by atoms with Crippen molar-refractivity contribution in [1.29, 1.82) is 0 Å². The minimum absolute atomic E-state index is 0.195. The van der Waals surface area contributed by atoms with Crippen LogP contribution in [-0.4, -0.2) is 0 Å². The molecule has 0 fully saturated rings. The Morgan fingerprint density at radius 3 is 2.57 bits per heavy atom. The smallest absolute Gasteiger partial charge is 0.124 e. The van der Waals surface area contributed by atoms with E-state index in [4.69, 9.17) is 0 Å². The van der Waals surface area contributed by atoms with Crippen LogP contribution < -0.4 is 0 Å². The van der Waals surface area contributed by atoms with E-state index in [1.807, 2.05) is 26.0 Å². The lowest BCUT2D eigenvalue weighted by Gasteiger charge is -2.07. The molecule has 0 N–H and O–H groups in total. The first-order valence-electron chi connectivity index (χ1n) is 6.84. The molecule has 0 atom stereocenters. The van der Waals surface area contributed by atoms with Crippen LogP contribution in [-0.2, 0) is 0 Å². The van der Waals surface area contributed by atoms with Crippen molar-refractivity contribution in [3.63, 3.8) is 0 Å². The van der Waals surface area contributed by atoms with Crippen molar-refractivity contribution in [2.45, 2.75) is 20.8 Å². The molecule has 2 rings (SSSR count). The first-order chi connectivity index (χ1) is 10.0. The van der Waals surface area contributed by atoms with Gasteiger partial charge in [-0.05, 0) is 72.2 Å². The van der Waals surface area contributed by atoms with Gasteiger partial charge in [-0.1, -0.05) is 30.9 Å². The van der Waals surface area contributed by atoms with Gasteiger partial charge in [0.1, 0.15) is 5.82 Å². The fourth-order valence-corrected chi connectivity index (χ4v) is 3.19. The minimum Gasteiger partial charge on any atom is -0.207 e. The number of benzene rings is 1. The fourth-order valence-electron chi connectivity index (χ4n) is 2.27. The third-order valence-corrected chi connectivity index (χ3v) is 4.36. The Morgan fingerprint density at radius 1 is 1.24 bits per heavy atom. The van der Waals surface area contributed by atoms with E-state index in [1.54, 1.807) is 29.5 Å². The number of halogens is 1. The van der Waals surface area contributed by atoms with Crippen molar-refractivity contribution in [2.24, 2.45) is 0 Å². The highest BCUT2D eigenvalue weighted by Crippen LogP contribution is 2.29. The molecule has 0 aliphatic heterocycles. The van der Waals surface area contributed by atoms with E-state index in [2.05, 4.69) is 31.0 Å². The van der Waals surface area contributed by atoms with Gasteiger partial charge in [-0.25, -0.2) is 4.39 Å². The summed E-state index contributed by atoms with van der Waals surface area (Å²) in [6.45, 7) is 9.80. The second-order valence-corrected chi connectivity index (χ2v) is 6.05. The zero-order chi connectivity index (χ0) is 15.4.